The molecule has 158 valence electrons. The van der Waals surface area contributed by atoms with Gasteiger partial charge in [-0.2, -0.15) is 18.3 Å². The summed E-state index contributed by atoms with van der Waals surface area (Å²) in [6.07, 6.45) is -3.87. The smallest absolute Gasteiger partial charge is 0.348 e. The summed E-state index contributed by atoms with van der Waals surface area (Å²) >= 11 is 5.83. The van der Waals surface area contributed by atoms with Gasteiger partial charge in [-0.05, 0) is 30.2 Å². The van der Waals surface area contributed by atoms with Crippen molar-refractivity contribution in [2.45, 2.75) is 19.6 Å². The van der Waals surface area contributed by atoms with Crippen molar-refractivity contribution in [2.75, 3.05) is 0 Å². The molecule has 2 aromatic heterocycles. The molecule has 2 aromatic carbocycles. The minimum Gasteiger partial charge on any atom is -0.348 e. The number of carbonyl (C=O) groups excluding carboxylic acids is 1. The molecule has 0 bridgehead atoms. The number of nitrogens with one attached hydrogen (secondary N) is 1. The molecular weight excluding hydrogens is 429 g/mol. The van der Waals surface area contributed by atoms with Crippen LogP contribution in [0.2, 0.25) is 5.02 Å². The third-order valence-electron chi connectivity index (χ3n) is 4.76. The summed E-state index contributed by atoms with van der Waals surface area (Å²) in [5, 5.41) is 7.09. The number of fused-ring (bicyclic) bond motifs is 1. The van der Waals surface area contributed by atoms with E-state index in [4.69, 9.17) is 11.6 Å². The summed E-state index contributed by atoms with van der Waals surface area (Å²) in [6, 6.07) is 15.5. The van der Waals surface area contributed by atoms with Gasteiger partial charge in [-0.25, -0.2) is 9.50 Å². The maximum Gasteiger partial charge on any atom is 0.434 e. The first-order valence-corrected chi connectivity index (χ1v) is 9.67. The fourth-order valence-electron chi connectivity index (χ4n) is 3.35. The van der Waals surface area contributed by atoms with E-state index in [9.17, 15) is 18.0 Å². The first-order chi connectivity index (χ1) is 14.8. The summed E-state index contributed by atoms with van der Waals surface area (Å²) in [5.41, 5.74) is 0.511. The molecule has 0 radical (unpaired) electrons. The van der Waals surface area contributed by atoms with Gasteiger partial charge in [0.25, 0.3) is 5.91 Å². The van der Waals surface area contributed by atoms with Gasteiger partial charge in [0, 0.05) is 23.3 Å². The minimum atomic E-state index is -4.82. The molecular formula is C22H16ClF3N4O. The van der Waals surface area contributed by atoms with Crippen molar-refractivity contribution >= 4 is 23.2 Å². The van der Waals surface area contributed by atoms with Crippen LogP contribution in [0.1, 0.15) is 27.3 Å². The second-order valence-electron chi connectivity index (χ2n) is 6.89. The van der Waals surface area contributed by atoms with E-state index in [0.717, 1.165) is 6.20 Å². The zero-order chi connectivity index (χ0) is 22.2. The van der Waals surface area contributed by atoms with Gasteiger partial charge >= 0.3 is 6.18 Å². The second kappa shape index (κ2) is 8.03. The van der Waals surface area contributed by atoms with E-state index in [1.165, 1.54) is 0 Å². The normalized spacial score (nSPS) is 11.6. The van der Waals surface area contributed by atoms with Crippen LogP contribution >= 0.6 is 11.6 Å². The minimum absolute atomic E-state index is 0.0327. The number of aryl methyl sites for hydroxylation is 1. The molecule has 1 N–H and O–H groups in total. The van der Waals surface area contributed by atoms with Gasteiger partial charge in [0.1, 0.15) is 0 Å². The van der Waals surface area contributed by atoms with Crippen molar-refractivity contribution in [1.29, 1.82) is 0 Å². The van der Waals surface area contributed by atoms with E-state index in [1.807, 2.05) is 6.07 Å². The molecule has 0 unspecified atom stereocenters. The number of carbonyl (C=O) groups is 1. The Labute approximate surface area is 180 Å². The molecule has 0 saturated heterocycles. The molecule has 0 atom stereocenters. The highest BCUT2D eigenvalue weighted by Gasteiger charge is 2.40. The zero-order valence-corrected chi connectivity index (χ0v) is 17.0. The van der Waals surface area contributed by atoms with Gasteiger partial charge in [-0.3, -0.25) is 4.79 Å². The lowest BCUT2D eigenvalue weighted by molar-refractivity contribution is -0.143. The predicted octanol–water partition coefficient (Wildman–Crippen LogP) is 5.31. The lowest BCUT2D eigenvalue weighted by Crippen LogP contribution is -2.28. The van der Waals surface area contributed by atoms with Gasteiger partial charge in [0.15, 0.2) is 11.3 Å². The second-order valence-corrected chi connectivity index (χ2v) is 7.33. The zero-order valence-electron chi connectivity index (χ0n) is 16.2. The molecule has 0 aliphatic heterocycles. The Morgan fingerprint density at radius 3 is 2.42 bits per heavy atom. The Balaban J connectivity index is 1.77. The molecule has 4 aromatic rings. The van der Waals surface area contributed by atoms with Crippen molar-refractivity contribution in [2.24, 2.45) is 0 Å². The van der Waals surface area contributed by atoms with Gasteiger partial charge in [-0.1, -0.05) is 54.1 Å². The summed E-state index contributed by atoms with van der Waals surface area (Å²) in [4.78, 5) is 16.8. The van der Waals surface area contributed by atoms with Crippen molar-refractivity contribution in [3.05, 3.63) is 88.3 Å². The standard InChI is InChI=1S/C22H16ClF3N4O/c1-13-18(15-5-3-2-4-6-15)20-27-12-17(19(22(24,25)26)30(20)29-13)21(31)28-11-14-7-9-16(23)10-8-14/h2-10,12H,11H2,1H3,(H,28,31). The number of hydrogen-bond donors (Lipinski definition) is 1. The van der Waals surface area contributed by atoms with Crippen molar-refractivity contribution in [3.8, 4) is 11.1 Å². The van der Waals surface area contributed by atoms with Gasteiger partial charge in [0.05, 0.1) is 11.3 Å². The van der Waals surface area contributed by atoms with Crippen LogP contribution in [0, 0.1) is 6.92 Å². The summed E-state index contributed by atoms with van der Waals surface area (Å²) in [5.74, 6) is -0.897. The Kier molecular flexibility index (Phi) is 5.41. The summed E-state index contributed by atoms with van der Waals surface area (Å²) < 4.78 is 42.7. The van der Waals surface area contributed by atoms with E-state index in [1.54, 1.807) is 55.5 Å². The van der Waals surface area contributed by atoms with Crippen LogP contribution in [0.3, 0.4) is 0 Å². The molecule has 9 heteroatoms. The first kappa shape index (κ1) is 20.9. The van der Waals surface area contributed by atoms with Crippen LogP contribution in [-0.4, -0.2) is 20.5 Å². The largest absolute Gasteiger partial charge is 0.434 e. The highest BCUT2D eigenvalue weighted by atomic mass is 35.5. The molecule has 1 amide bonds. The third-order valence-corrected chi connectivity index (χ3v) is 5.01. The SMILES string of the molecule is Cc1nn2c(C(F)(F)F)c(C(=O)NCc3ccc(Cl)cc3)cnc2c1-c1ccccc1. The van der Waals surface area contributed by atoms with Crippen LogP contribution in [0.4, 0.5) is 13.2 Å². The van der Waals surface area contributed by atoms with Crippen molar-refractivity contribution in [1.82, 2.24) is 19.9 Å². The fraction of sp³-hybridized carbons (Fsp3) is 0.136. The van der Waals surface area contributed by atoms with Crippen LogP contribution in [0.15, 0.2) is 60.8 Å². The number of amides is 1. The molecule has 0 spiro atoms. The Morgan fingerprint density at radius 2 is 1.77 bits per heavy atom. The number of aromatic nitrogens is 3. The van der Waals surface area contributed by atoms with E-state index in [0.29, 0.717) is 31.9 Å². The van der Waals surface area contributed by atoms with E-state index in [2.05, 4.69) is 15.4 Å². The van der Waals surface area contributed by atoms with Crippen molar-refractivity contribution < 1.29 is 18.0 Å². The van der Waals surface area contributed by atoms with E-state index >= 15 is 0 Å². The third kappa shape index (κ3) is 4.11. The molecule has 31 heavy (non-hydrogen) atoms. The predicted molar refractivity (Wildman–Crippen MR) is 111 cm³/mol. The number of halogens is 4. The molecule has 2 heterocycles. The number of nitrogens with zero attached hydrogens (tertiary/aromatic N) is 3. The van der Waals surface area contributed by atoms with Gasteiger partial charge in [0.2, 0.25) is 0 Å². The van der Waals surface area contributed by atoms with E-state index in [-0.39, 0.29) is 12.2 Å². The molecule has 0 aliphatic carbocycles. The number of benzene rings is 2. The topological polar surface area (TPSA) is 59.3 Å². The van der Waals surface area contributed by atoms with Crippen LogP contribution in [0.25, 0.3) is 16.8 Å². The average Bonchev–Trinajstić information content (AvgIpc) is 3.07. The van der Waals surface area contributed by atoms with Crippen molar-refractivity contribution in [3.63, 3.8) is 0 Å². The maximum absolute atomic E-state index is 14.0. The number of alkyl halides is 3. The van der Waals surface area contributed by atoms with Crippen LogP contribution < -0.4 is 5.32 Å². The lowest BCUT2D eigenvalue weighted by atomic mass is 10.1. The molecule has 0 aliphatic rings. The summed E-state index contributed by atoms with van der Waals surface area (Å²) in [7, 11) is 0. The van der Waals surface area contributed by atoms with Crippen LogP contribution in [-0.2, 0) is 12.7 Å². The highest BCUT2D eigenvalue weighted by Crippen LogP contribution is 2.35. The Hall–Kier alpha value is -3.39. The summed E-state index contributed by atoms with van der Waals surface area (Å²) in [6.45, 7) is 1.65. The number of rotatable bonds is 4. The number of hydrogen-bond acceptors (Lipinski definition) is 3. The molecule has 5 nitrogen and oxygen atoms in total. The average molecular weight is 445 g/mol. The van der Waals surface area contributed by atoms with Gasteiger partial charge < -0.3 is 5.32 Å². The van der Waals surface area contributed by atoms with Crippen LogP contribution in [0.5, 0.6) is 0 Å². The maximum atomic E-state index is 14.0. The van der Waals surface area contributed by atoms with E-state index < -0.39 is 23.3 Å². The highest BCUT2D eigenvalue weighted by molar-refractivity contribution is 6.30. The molecule has 4 rings (SSSR count). The lowest BCUT2D eigenvalue weighted by Gasteiger charge is -2.14. The van der Waals surface area contributed by atoms with Gasteiger partial charge in [-0.15, -0.1) is 0 Å². The Bertz CT molecular complexity index is 1250. The monoisotopic (exact) mass is 444 g/mol. The quantitative estimate of drug-likeness (QED) is 0.464. The fourth-order valence-corrected chi connectivity index (χ4v) is 3.48. The molecule has 0 saturated carbocycles. The first-order valence-electron chi connectivity index (χ1n) is 9.29. The Morgan fingerprint density at radius 1 is 1.10 bits per heavy atom. The molecule has 0 fully saturated rings.